The molecule has 3 fully saturated rings. The Hall–Kier alpha value is -4.30. The predicted octanol–water partition coefficient (Wildman–Crippen LogP) is 4.75. The summed E-state index contributed by atoms with van der Waals surface area (Å²) in [5, 5.41) is 12.6. The average Bonchev–Trinajstić information content (AvgIpc) is 3.59. The van der Waals surface area contributed by atoms with Gasteiger partial charge in [-0.2, -0.15) is 0 Å². The lowest BCUT2D eigenvalue weighted by atomic mass is 10.0. The van der Waals surface area contributed by atoms with Gasteiger partial charge < -0.3 is 20.3 Å². The van der Waals surface area contributed by atoms with E-state index in [9.17, 15) is 9.18 Å². The van der Waals surface area contributed by atoms with Crippen molar-refractivity contribution in [2.24, 2.45) is 0 Å². The minimum Gasteiger partial charge on any atom is -0.494 e. The van der Waals surface area contributed by atoms with Gasteiger partial charge in [-0.05, 0) is 55.2 Å². The van der Waals surface area contributed by atoms with Crippen LogP contribution < -0.4 is 25.3 Å². The molecule has 13 heteroatoms. The number of amides is 1. The van der Waals surface area contributed by atoms with Crippen LogP contribution in [0.3, 0.4) is 0 Å². The highest BCUT2D eigenvalue weighted by atomic mass is 19.1. The van der Waals surface area contributed by atoms with Crippen molar-refractivity contribution < 1.29 is 18.8 Å². The largest absolute Gasteiger partial charge is 0.494 e. The maximum absolute atomic E-state index is 14.3. The fraction of sp³-hybridized carbons (Fsp3) is 0.457. The summed E-state index contributed by atoms with van der Waals surface area (Å²) in [5.41, 5.74) is 3.85. The molecule has 3 saturated heterocycles. The number of nitrogens with one attached hydrogen (secondary N) is 2. The van der Waals surface area contributed by atoms with Gasteiger partial charge in [0.25, 0.3) is 0 Å². The number of aryl methyl sites for hydroxylation is 1. The summed E-state index contributed by atoms with van der Waals surface area (Å²) >= 11 is 0. The molecule has 3 aromatic rings. The standard InChI is InChI=1S/C35H46FN9O3/c1-6-35(46)40-28-20-29(32(47-5)21-31(28)43-10-7-27(8-11-43)42-12-14-44(15-13-42)41(3)4)39-33-22-34(38-23-37-33)45-30(9-16-48-45)25-17-24(2)18-26(36)19-25/h6,17-23,27,30H,1,7-16H2,2-5H3,(H,40,46)(H,37,38,39)/t30-/m1/s1. The number of carbonyl (C=O) groups is 1. The summed E-state index contributed by atoms with van der Waals surface area (Å²) < 4.78 is 20.1. The highest BCUT2D eigenvalue weighted by Crippen LogP contribution is 2.41. The van der Waals surface area contributed by atoms with Gasteiger partial charge in [-0.25, -0.2) is 29.4 Å². The lowest BCUT2D eigenvalue weighted by molar-refractivity contribution is -0.111. The van der Waals surface area contributed by atoms with Gasteiger partial charge >= 0.3 is 0 Å². The molecule has 12 nitrogen and oxygen atoms in total. The van der Waals surface area contributed by atoms with Crippen LogP contribution in [-0.4, -0.2) is 104 Å². The second-order valence-corrected chi connectivity index (χ2v) is 12.7. The van der Waals surface area contributed by atoms with Crippen LogP contribution in [0.5, 0.6) is 5.75 Å². The second kappa shape index (κ2) is 14.9. The molecule has 0 radical (unpaired) electrons. The molecule has 1 amide bonds. The van der Waals surface area contributed by atoms with E-state index in [2.05, 4.69) is 61.1 Å². The number of ether oxygens (including phenoxy) is 1. The van der Waals surface area contributed by atoms with Gasteiger partial charge in [-0.1, -0.05) is 12.6 Å². The van der Waals surface area contributed by atoms with Crippen LogP contribution >= 0.6 is 0 Å². The number of piperidine rings is 1. The number of hydrazine groups is 1. The normalized spacial score (nSPS) is 19.5. The number of anilines is 5. The van der Waals surface area contributed by atoms with Crippen molar-refractivity contribution in [3.8, 4) is 5.75 Å². The van der Waals surface area contributed by atoms with Crippen molar-refractivity contribution >= 4 is 34.6 Å². The van der Waals surface area contributed by atoms with Crippen LogP contribution in [-0.2, 0) is 9.63 Å². The molecule has 2 aromatic carbocycles. The number of rotatable bonds is 10. The van der Waals surface area contributed by atoms with Gasteiger partial charge in [0.1, 0.15) is 23.7 Å². The van der Waals surface area contributed by atoms with E-state index in [-0.39, 0.29) is 17.8 Å². The Kier molecular flexibility index (Phi) is 10.4. The smallest absolute Gasteiger partial charge is 0.247 e. The van der Waals surface area contributed by atoms with Crippen molar-refractivity contribution in [3.05, 3.63) is 72.3 Å². The molecule has 2 N–H and O–H groups in total. The fourth-order valence-electron chi connectivity index (χ4n) is 6.96. The number of nitrogens with zero attached hydrogens (tertiary/aromatic N) is 7. The summed E-state index contributed by atoms with van der Waals surface area (Å²) in [5.74, 6) is 1.08. The van der Waals surface area contributed by atoms with Crippen LogP contribution in [0, 0.1) is 12.7 Å². The number of benzene rings is 2. The Morgan fingerprint density at radius 2 is 1.79 bits per heavy atom. The summed E-state index contributed by atoms with van der Waals surface area (Å²) in [6.45, 7) is 12.0. The van der Waals surface area contributed by atoms with E-state index >= 15 is 0 Å². The van der Waals surface area contributed by atoms with E-state index in [1.54, 1.807) is 24.3 Å². The molecule has 6 rings (SSSR count). The van der Waals surface area contributed by atoms with Crippen molar-refractivity contribution in [2.75, 3.05) is 87.7 Å². The molecule has 48 heavy (non-hydrogen) atoms. The number of hydroxylamine groups is 1. The number of halogens is 1. The molecule has 3 aliphatic rings. The molecule has 0 saturated carbocycles. The third kappa shape index (κ3) is 7.54. The molecule has 0 spiro atoms. The van der Waals surface area contributed by atoms with Gasteiger partial charge in [-0.15, -0.1) is 0 Å². The number of hydrogen-bond acceptors (Lipinski definition) is 11. The Labute approximate surface area is 282 Å². The minimum absolute atomic E-state index is 0.191. The van der Waals surface area contributed by atoms with E-state index in [0.29, 0.717) is 47.8 Å². The molecule has 0 bridgehead atoms. The summed E-state index contributed by atoms with van der Waals surface area (Å²) in [6, 6.07) is 11.0. The lowest BCUT2D eigenvalue weighted by Gasteiger charge is -2.44. The van der Waals surface area contributed by atoms with Crippen LogP contribution in [0.25, 0.3) is 0 Å². The Bertz CT molecular complexity index is 1590. The third-order valence-corrected chi connectivity index (χ3v) is 9.43. The second-order valence-electron chi connectivity index (χ2n) is 12.7. The maximum atomic E-state index is 14.3. The van der Waals surface area contributed by atoms with Crippen LogP contribution in [0.1, 0.15) is 36.4 Å². The third-order valence-electron chi connectivity index (χ3n) is 9.43. The van der Waals surface area contributed by atoms with Crippen molar-refractivity contribution in [1.82, 2.24) is 24.9 Å². The topological polar surface area (TPSA) is 102 Å². The molecule has 1 aromatic heterocycles. The minimum atomic E-state index is -0.296. The summed E-state index contributed by atoms with van der Waals surface area (Å²) in [6.07, 6.45) is 5.50. The van der Waals surface area contributed by atoms with Gasteiger partial charge in [0.15, 0.2) is 5.82 Å². The van der Waals surface area contributed by atoms with E-state index in [0.717, 1.165) is 68.9 Å². The number of methoxy groups -OCH3 is 1. The summed E-state index contributed by atoms with van der Waals surface area (Å²) in [7, 11) is 5.83. The Balaban J connectivity index is 1.20. The van der Waals surface area contributed by atoms with Crippen LogP contribution in [0.2, 0.25) is 0 Å². The van der Waals surface area contributed by atoms with Crippen LogP contribution in [0.15, 0.2) is 55.4 Å². The average molecular weight is 660 g/mol. The Morgan fingerprint density at radius 1 is 1.02 bits per heavy atom. The van der Waals surface area contributed by atoms with Gasteiger partial charge in [0.2, 0.25) is 5.91 Å². The number of piperazine rings is 1. The molecule has 3 aliphatic heterocycles. The maximum Gasteiger partial charge on any atom is 0.247 e. The Morgan fingerprint density at radius 3 is 2.48 bits per heavy atom. The van der Waals surface area contributed by atoms with Crippen LogP contribution in [0.4, 0.5) is 33.1 Å². The first-order chi connectivity index (χ1) is 23.2. The SMILES string of the molecule is C=CC(=O)Nc1cc(Nc2cc(N3OCC[C@@H]3c3cc(C)cc(F)c3)ncn2)c(OC)cc1N1CCC(N2CCN(N(C)C)CC2)CC1. The monoisotopic (exact) mass is 659 g/mol. The van der Waals surface area contributed by atoms with Gasteiger partial charge in [-0.3, -0.25) is 14.5 Å². The zero-order valence-electron chi connectivity index (χ0n) is 28.3. The first-order valence-electron chi connectivity index (χ1n) is 16.6. The first kappa shape index (κ1) is 33.6. The zero-order chi connectivity index (χ0) is 33.8. The number of hydrogen-bond donors (Lipinski definition) is 2. The number of carbonyl (C=O) groups excluding carboxylic acids is 1. The van der Waals surface area contributed by atoms with Crippen molar-refractivity contribution in [2.45, 2.75) is 38.3 Å². The van der Waals surface area contributed by atoms with Crippen molar-refractivity contribution in [1.29, 1.82) is 0 Å². The van der Waals surface area contributed by atoms with E-state index < -0.39 is 0 Å². The predicted molar refractivity (Wildman–Crippen MR) is 186 cm³/mol. The van der Waals surface area contributed by atoms with E-state index in [1.165, 1.54) is 18.5 Å². The first-order valence-corrected chi connectivity index (χ1v) is 16.6. The fourth-order valence-corrected chi connectivity index (χ4v) is 6.96. The molecular formula is C35H46FN9O3. The van der Waals surface area contributed by atoms with Gasteiger partial charge in [0.05, 0.1) is 36.8 Å². The van der Waals surface area contributed by atoms with Crippen molar-refractivity contribution in [3.63, 3.8) is 0 Å². The molecule has 4 heterocycles. The molecule has 1 atom stereocenters. The molecule has 0 aliphatic carbocycles. The quantitative estimate of drug-likeness (QED) is 0.295. The lowest BCUT2D eigenvalue weighted by Crippen LogP contribution is -2.55. The van der Waals surface area contributed by atoms with E-state index in [4.69, 9.17) is 9.57 Å². The highest BCUT2D eigenvalue weighted by molar-refractivity contribution is 6.02. The molecule has 0 unspecified atom stereocenters. The van der Waals surface area contributed by atoms with Gasteiger partial charge in [0, 0.05) is 78.0 Å². The highest BCUT2D eigenvalue weighted by Gasteiger charge is 2.31. The molecular weight excluding hydrogens is 613 g/mol. The summed E-state index contributed by atoms with van der Waals surface area (Å²) in [4.78, 5) is 32.4. The van der Waals surface area contributed by atoms with E-state index in [1.807, 2.05) is 25.1 Å². The molecule has 256 valence electrons. The number of aromatic nitrogens is 2. The zero-order valence-corrected chi connectivity index (χ0v) is 28.3.